The summed E-state index contributed by atoms with van der Waals surface area (Å²) in [4.78, 5) is 0. The summed E-state index contributed by atoms with van der Waals surface area (Å²) >= 11 is 0. The molecule has 17 heavy (non-hydrogen) atoms. The normalized spacial score (nSPS) is 19.4. The van der Waals surface area contributed by atoms with Crippen molar-refractivity contribution in [3.8, 4) is 0 Å². The molecule has 2 N–H and O–H groups in total. The van der Waals surface area contributed by atoms with E-state index in [0.29, 0.717) is 13.1 Å². The van der Waals surface area contributed by atoms with E-state index in [-0.39, 0.29) is 11.8 Å². The van der Waals surface area contributed by atoms with Crippen molar-refractivity contribution in [1.29, 1.82) is 0 Å². The standard InChI is InChI=1S/C12H18N2O2S/c13-12-6-8-14(9-7-12)17(15,16)10-11-4-2-1-3-5-11/h1-5,12H,6-10,13H2. The van der Waals surface area contributed by atoms with Crippen LogP contribution in [0.5, 0.6) is 0 Å². The fourth-order valence-electron chi connectivity index (χ4n) is 2.03. The number of hydrogen-bond donors (Lipinski definition) is 1. The topological polar surface area (TPSA) is 63.4 Å². The second-order valence-electron chi connectivity index (χ2n) is 4.48. The Balaban J connectivity index is 2.04. The molecule has 5 heteroatoms. The summed E-state index contributed by atoms with van der Waals surface area (Å²) in [5.41, 5.74) is 6.61. The first-order valence-corrected chi connectivity index (χ1v) is 7.46. The van der Waals surface area contributed by atoms with Gasteiger partial charge in [-0.3, -0.25) is 0 Å². The first-order valence-electron chi connectivity index (χ1n) is 5.85. The highest BCUT2D eigenvalue weighted by Gasteiger charge is 2.26. The smallest absolute Gasteiger partial charge is 0.218 e. The largest absolute Gasteiger partial charge is 0.328 e. The van der Waals surface area contributed by atoms with Crippen molar-refractivity contribution in [1.82, 2.24) is 4.31 Å². The molecule has 0 atom stereocenters. The zero-order valence-electron chi connectivity index (χ0n) is 9.75. The van der Waals surface area contributed by atoms with Crippen LogP contribution in [-0.2, 0) is 15.8 Å². The minimum absolute atomic E-state index is 0.0864. The highest BCUT2D eigenvalue weighted by Crippen LogP contribution is 2.16. The van der Waals surface area contributed by atoms with Crippen LogP contribution in [0.25, 0.3) is 0 Å². The first-order chi connectivity index (χ1) is 8.08. The van der Waals surface area contributed by atoms with Crippen LogP contribution in [0, 0.1) is 0 Å². The van der Waals surface area contributed by atoms with Gasteiger partial charge < -0.3 is 5.73 Å². The van der Waals surface area contributed by atoms with Crippen LogP contribution in [0.2, 0.25) is 0 Å². The molecule has 0 radical (unpaired) electrons. The summed E-state index contributed by atoms with van der Waals surface area (Å²) < 4.78 is 25.9. The van der Waals surface area contributed by atoms with E-state index in [4.69, 9.17) is 5.73 Å². The van der Waals surface area contributed by atoms with Crippen LogP contribution in [0.3, 0.4) is 0 Å². The van der Waals surface area contributed by atoms with Gasteiger partial charge in [-0.05, 0) is 18.4 Å². The molecule has 2 rings (SSSR count). The van der Waals surface area contributed by atoms with Crippen LogP contribution < -0.4 is 5.73 Å². The number of hydrogen-bond acceptors (Lipinski definition) is 3. The van der Waals surface area contributed by atoms with E-state index in [2.05, 4.69) is 0 Å². The molecule has 0 aliphatic carbocycles. The van der Waals surface area contributed by atoms with E-state index in [1.165, 1.54) is 0 Å². The Morgan fingerprint density at radius 1 is 1.18 bits per heavy atom. The van der Waals surface area contributed by atoms with E-state index >= 15 is 0 Å². The molecule has 1 aromatic carbocycles. The third-order valence-electron chi connectivity index (χ3n) is 3.08. The van der Waals surface area contributed by atoms with Gasteiger partial charge in [-0.15, -0.1) is 0 Å². The van der Waals surface area contributed by atoms with E-state index in [1.54, 1.807) is 4.31 Å². The highest BCUT2D eigenvalue weighted by molar-refractivity contribution is 7.88. The van der Waals surface area contributed by atoms with Gasteiger partial charge >= 0.3 is 0 Å². The van der Waals surface area contributed by atoms with Gasteiger partial charge in [0.1, 0.15) is 0 Å². The molecule has 94 valence electrons. The molecule has 0 saturated carbocycles. The molecular weight excluding hydrogens is 236 g/mol. The molecule has 0 aromatic heterocycles. The van der Waals surface area contributed by atoms with Crippen molar-refractivity contribution in [3.63, 3.8) is 0 Å². The minimum atomic E-state index is -3.18. The maximum absolute atomic E-state index is 12.1. The number of piperidine rings is 1. The summed E-state index contributed by atoms with van der Waals surface area (Å²) in [6, 6.07) is 9.43. The fourth-order valence-corrected chi connectivity index (χ4v) is 3.59. The molecule has 0 unspecified atom stereocenters. The van der Waals surface area contributed by atoms with E-state index < -0.39 is 10.0 Å². The van der Waals surface area contributed by atoms with Crippen LogP contribution in [-0.4, -0.2) is 31.9 Å². The summed E-state index contributed by atoms with van der Waals surface area (Å²) in [5.74, 6) is 0.0864. The summed E-state index contributed by atoms with van der Waals surface area (Å²) in [6.45, 7) is 1.10. The van der Waals surface area contributed by atoms with Gasteiger partial charge in [0, 0.05) is 19.1 Å². The average Bonchev–Trinajstić information content (AvgIpc) is 2.30. The SMILES string of the molecule is NC1CCN(S(=O)(=O)Cc2ccccc2)CC1. The van der Waals surface area contributed by atoms with Crippen LogP contribution >= 0.6 is 0 Å². The fraction of sp³-hybridized carbons (Fsp3) is 0.500. The lowest BCUT2D eigenvalue weighted by Gasteiger charge is -2.29. The third kappa shape index (κ3) is 3.28. The molecular formula is C12H18N2O2S. The Labute approximate surface area is 102 Å². The number of rotatable bonds is 3. The van der Waals surface area contributed by atoms with Gasteiger partial charge in [0.25, 0.3) is 0 Å². The zero-order chi connectivity index (χ0) is 12.3. The lowest BCUT2D eigenvalue weighted by atomic mass is 10.1. The van der Waals surface area contributed by atoms with Crippen molar-refractivity contribution >= 4 is 10.0 Å². The number of nitrogens with two attached hydrogens (primary N) is 1. The molecule has 1 aliphatic heterocycles. The monoisotopic (exact) mass is 254 g/mol. The summed E-state index contributed by atoms with van der Waals surface area (Å²) in [5, 5.41) is 0. The molecule has 1 aliphatic rings. The average molecular weight is 254 g/mol. The Hall–Kier alpha value is -0.910. The van der Waals surface area contributed by atoms with E-state index in [9.17, 15) is 8.42 Å². The van der Waals surface area contributed by atoms with Crippen molar-refractivity contribution in [2.75, 3.05) is 13.1 Å². The zero-order valence-corrected chi connectivity index (χ0v) is 10.6. The lowest BCUT2D eigenvalue weighted by Crippen LogP contribution is -2.43. The van der Waals surface area contributed by atoms with Crippen LogP contribution in [0.1, 0.15) is 18.4 Å². The molecule has 1 fully saturated rings. The summed E-state index contributed by atoms with van der Waals surface area (Å²) in [7, 11) is -3.18. The van der Waals surface area contributed by atoms with Crippen molar-refractivity contribution < 1.29 is 8.42 Å². The highest BCUT2D eigenvalue weighted by atomic mass is 32.2. The number of sulfonamides is 1. The molecule has 0 amide bonds. The molecule has 1 heterocycles. The molecule has 1 saturated heterocycles. The minimum Gasteiger partial charge on any atom is -0.328 e. The van der Waals surface area contributed by atoms with E-state index in [0.717, 1.165) is 18.4 Å². The Morgan fingerprint density at radius 2 is 1.76 bits per heavy atom. The quantitative estimate of drug-likeness (QED) is 0.873. The lowest BCUT2D eigenvalue weighted by molar-refractivity contribution is 0.319. The molecule has 0 spiro atoms. The Kier molecular flexibility index (Phi) is 3.81. The number of benzene rings is 1. The Morgan fingerprint density at radius 3 is 2.35 bits per heavy atom. The van der Waals surface area contributed by atoms with Gasteiger partial charge in [-0.25, -0.2) is 12.7 Å². The predicted molar refractivity (Wildman–Crippen MR) is 67.8 cm³/mol. The van der Waals surface area contributed by atoms with Gasteiger partial charge in [0.2, 0.25) is 10.0 Å². The summed E-state index contributed by atoms with van der Waals surface area (Å²) in [6.07, 6.45) is 1.52. The van der Waals surface area contributed by atoms with Gasteiger partial charge in [-0.2, -0.15) is 0 Å². The molecule has 0 bridgehead atoms. The maximum Gasteiger partial charge on any atom is 0.218 e. The number of nitrogens with zero attached hydrogens (tertiary/aromatic N) is 1. The van der Waals surface area contributed by atoms with Gasteiger partial charge in [0.05, 0.1) is 5.75 Å². The predicted octanol–water partition coefficient (Wildman–Crippen LogP) is 0.939. The van der Waals surface area contributed by atoms with Crippen molar-refractivity contribution in [2.24, 2.45) is 5.73 Å². The molecule has 1 aromatic rings. The molecule has 4 nitrogen and oxygen atoms in total. The Bertz CT molecular complexity index is 451. The van der Waals surface area contributed by atoms with Gasteiger partial charge in [-0.1, -0.05) is 30.3 Å². The second-order valence-corrected chi connectivity index (χ2v) is 6.45. The van der Waals surface area contributed by atoms with Gasteiger partial charge in [0.15, 0.2) is 0 Å². The third-order valence-corrected chi connectivity index (χ3v) is 4.93. The van der Waals surface area contributed by atoms with Crippen molar-refractivity contribution in [2.45, 2.75) is 24.6 Å². The van der Waals surface area contributed by atoms with Crippen LogP contribution in [0.15, 0.2) is 30.3 Å². The van der Waals surface area contributed by atoms with Crippen molar-refractivity contribution in [3.05, 3.63) is 35.9 Å². The van der Waals surface area contributed by atoms with Crippen LogP contribution in [0.4, 0.5) is 0 Å². The maximum atomic E-state index is 12.1. The second kappa shape index (κ2) is 5.16. The van der Waals surface area contributed by atoms with E-state index in [1.807, 2.05) is 30.3 Å². The first kappa shape index (κ1) is 12.5.